The summed E-state index contributed by atoms with van der Waals surface area (Å²) in [7, 11) is 0. The van der Waals surface area contributed by atoms with Crippen LogP contribution >= 0.6 is 0 Å². The van der Waals surface area contributed by atoms with Crippen molar-refractivity contribution in [3.8, 4) is 0 Å². The number of hydrogen-bond donors (Lipinski definition) is 3. The summed E-state index contributed by atoms with van der Waals surface area (Å²) in [5.74, 6) is -0.846. The van der Waals surface area contributed by atoms with Crippen LogP contribution in [0, 0.1) is 0 Å². The SMILES string of the molecule is CCCc1ccc(CCNCC(N)CC(=O)O)cc1. The molecule has 0 aromatic heterocycles. The van der Waals surface area contributed by atoms with E-state index in [2.05, 4.69) is 36.5 Å². The first kappa shape index (κ1) is 15.7. The van der Waals surface area contributed by atoms with Gasteiger partial charge in [0.2, 0.25) is 0 Å². The van der Waals surface area contributed by atoms with E-state index in [-0.39, 0.29) is 12.5 Å². The zero-order valence-corrected chi connectivity index (χ0v) is 11.6. The van der Waals surface area contributed by atoms with Crippen LogP contribution in [0.2, 0.25) is 0 Å². The van der Waals surface area contributed by atoms with E-state index in [1.54, 1.807) is 0 Å². The van der Waals surface area contributed by atoms with Crippen molar-refractivity contribution >= 4 is 5.97 Å². The van der Waals surface area contributed by atoms with Gasteiger partial charge in [-0.2, -0.15) is 0 Å². The van der Waals surface area contributed by atoms with Crippen LogP contribution in [0.5, 0.6) is 0 Å². The molecule has 4 N–H and O–H groups in total. The van der Waals surface area contributed by atoms with E-state index in [9.17, 15) is 4.79 Å². The van der Waals surface area contributed by atoms with Crippen LogP contribution in [0.3, 0.4) is 0 Å². The number of nitrogens with two attached hydrogens (primary N) is 1. The zero-order chi connectivity index (χ0) is 14.1. The molecule has 0 aliphatic rings. The van der Waals surface area contributed by atoms with Crippen molar-refractivity contribution in [1.82, 2.24) is 5.32 Å². The quantitative estimate of drug-likeness (QED) is 0.592. The predicted octanol–water partition coefficient (Wildman–Crippen LogP) is 1.57. The second kappa shape index (κ2) is 8.67. The normalized spacial score (nSPS) is 12.3. The summed E-state index contributed by atoms with van der Waals surface area (Å²) >= 11 is 0. The molecule has 106 valence electrons. The Labute approximate surface area is 115 Å². The number of rotatable bonds is 9. The molecule has 1 unspecified atom stereocenters. The number of carboxylic acids is 1. The molecule has 1 aromatic carbocycles. The topological polar surface area (TPSA) is 75.3 Å². The van der Waals surface area contributed by atoms with E-state index in [4.69, 9.17) is 10.8 Å². The Morgan fingerprint density at radius 2 is 1.84 bits per heavy atom. The Morgan fingerprint density at radius 1 is 1.26 bits per heavy atom. The first-order chi connectivity index (χ1) is 9.11. The summed E-state index contributed by atoms with van der Waals surface area (Å²) in [5, 5.41) is 11.8. The highest BCUT2D eigenvalue weighted by Gasteiger charge is 2.06. The van der Waals surface area contributed by atoms with Gasteiger partial charge in [0.15, 0.2) is 0 Å². The molecule has 4 nitrogen and oxygen atoms in total. The summed E-state index contributed by atoms with van der Waals surface area (Å²) in [6.07, 6.45) is 3.25. The molecule has 0 saturated carbocycles. The average Bonchev–Trinajstić information content (AvgIpc) is 2.36. The van der Waals surface area contributed by atoms with Crippen molar-refractivity contribution < 1.29 is 9.90 Å². The molecule has 0 aliphatic heterocycles. The van der Waals surface area contributed by atoms with Crippen LogP contribution in [-0.2, 0) is 17.6 Å². The molecule has 1 rings (SSSR count). The lowest BCUT2D eigenvalue weighted by Crippen LogP contribution is -2.36. The smallest absolute Gasteiger partial charge is 0.304 e. The van der Waals surface area contributed by atoms with Crippen LogP contribution in [0.15, 0.2) is 24.3 Å². The van der Waals surface area contributed by atoms with Crippen molar-refractivity contribution in [1.29, 1.82) is 0 Å². The van der Waals surface area contributed by atoms with Gasteiger partial charge in [-0.3, -0.25) is 4.79 Å². The number of hydrogen-bond acceptors (Lipinski definition) is 3. The molecule has 1 aromatic rings. The molecule has 0 radical (unpaired) electrons. The van der Waals surface area contributed by atoms with Gasteiger partial charge in [-0.05, 0) is 30.5 Å². The van der Waals surface area contributed by atoms with Crippen LogP contribution in [-0.4, -0.2) is 30.2 Å². The lowest BCUT2D eigenvalue weighted by molar-refractivity contribution is -0.137. The van der Waals surface area contributed by atoms with Gasteiger partial charge in [-0.1, -0.05) is 37.6 Å². The Morgan fingerprint density at radius 3 is 2.37 bits per heavy atom. The van der Waals surface area contributed by atoms with Gasteiger partial charge in [0, 0.05) is 12.6 Å². The molecule has 0 amide bonds. The predicted molar refractivity (Wildman–Crippen MR) is 77.2 cm³/mol. The van der Waals surface area contributed by atoms with E-state index in [1.165, 1.54) is 17.5 Å². The third kappa shape index (κ3) is 6.94. The van der Waals surface area contributed by atoms with Gasteiger partial charge in [0.25, 0.3) is 0 Å². The minimum atomic E-state index is -0.846. The fraction of sp³-hybridized carbons (Fsp3) is 0.533. The molecule has 0 spiro atoms. The molecule has 19 heavy (non-hydrogen) atoms. The molecule has 0 fully saturated rings. The highest BCUT2D eigenvalue weighted by Crippen LogP contribution is 2.06. The van der Waals surface area contributed by atoms with Gasteiger partial charge in [-0.15, -0.1) is 0 Å². The minimum Gasteiger partial charge on any atom is -0.481 e. The van der Waals surface area contributed by atoms with Crippen LogP contribution < -0.4 is 11.1 Å². The highest BCUT2D eigenvalue weighted by molar-refractivity contribution is 5.67. The number of benzene rings is 1. The van der Waals surface area contributed by atoms with E-state index in [1.807, 2.05) is 0 Å². The lowest BCUT2D eigenvalue weighted by Gasteiger charge is -2.10. The fourth-order valence-electron chi connectivity index (χ4n) is 1.98. The molecule has 0 heterocycles. The van der Waals surface area contributed by atoms with Gasteiger partial charge in [-0.25, -0.2) is 0 Å². The maximum absolute atomic E-state index is 10.4. The zero-order valence-electron chi connectivity index (χ0n) is 11.6. The largest absolute Gasteiger partial charge is 0.481 e. The van der Waals surface area contributed by atoms with Crippen molar-refractivity contribution in [3.05, 3.63) is 35.4 Å². The second-order valence-electron chi connectivity index (χ2n) is 4.88. The van der Waals surface area contributed by atoms with Crippen molar-refractivity contribution in [2.45, 2.75) is 38.6 Å². The van der Waals surface area contributed by atoms with Gasteiger partial charge in [0.1, 0.15) is 0 Å². The average molecular weight is 264 g/mol. The van der Waals surface area contributed by atoms with Crippen molar-refractivity contribution in [2.24, 2.45) is 5.73 Å². The standard InChI is InChI=1S/C15H24N2O2/c1-2-3-12-4-6-13(7-5-12)8-9-17-11-14(16)10-15(18)19/h4-7,14,17H,2-3,8-11,16H2,1H3,(H,18,19). The minimum absolute atomic E-state index is 0.0126. The third-order valence-electron chi connectivity index (χ3n) is 3.00. The van der Waals surface area contributed by atoms with E-state index < -0.39 is 5.97 Å². The third-order valence-corrected chi connectivity index (χ3v) is 3.00. The van der Waals surface area contributed by atoms with Crippen molar-refractivity contribution in [3.63, 3.8) is 0 Å². The fourth-order valence-corrected chi connectivity index (χ4v) is 1.98. The maximum Gasteiger partial charge on any atom is 0.304 e. The Kier molecular flexibility index (Phi) is 7.15. The summed E-state index contributed by atoms with van der Waals surface area (Å²) < 4.78 is 0. The first-order valence-corrected chi connectivity index (χ1v) is 6.87. The molecular weight excluding hydrogens is 240 g/mol. The summed E-state index contributed by atoms with van der Waals surface area (Å²) in [5.41, 5.74) is 8.33. The van der Waals surface area contributed by atoms with E-state index >= 15 is 0 Å². The maximum atomic E-state index is 10.4. The Balaban J connectivity index is 2.20. The summed E-state index contributed by atoms with van der Waals surface area (Å²) in [6.45, 7) is 3.54. The number of carbonyl (C=O) groups is 1. The molecule has 1 atom stereocenters. The molecular formula is C15H24N2O2. The molecule has 0 bridgehead atoms. The summed E-state index contributed by atoms with van der Waals surface area (Å²) in [6, 6.07) is 8.35. The van der Waals surface area contributed by atoms with Gasteiger partial charge in [0.05, 0.1) is 6.42 Å². The van der Waals surface area contributed by atoms with Gasteiger partial charge < -0.3 is 16.2 Å². The van der Waals surface area contributed by atoms with Gasteiger partial charge >= 0.3 is 5.97 Å². The lowest BCUT2D eigenvalue weighted by atomic mass is 10.1. The molecule has 4 heteroatoms. The van der Waals surface area contributed by atoms with Crippen LogP contribution in [0.25, 0.3) is 0 Å². The van der Waals surface area contributed by atoms with Crippen molar-refractivity contribution in [2.75, 3.05) is 13.1 Å². The Hall–Kier alpha value is -1.39. The number of aryl methyl sites for hydroxylation is 1. The Bertz CT molecular complexity index is 376. The second-order valence-corrected chi connectivity index (χ2v) is 4.88. The highest BCUT2D eigenvalue weighted by atomic mass is 16.4. The number of nitrogens with one attached hydrogen (secondary N) is 1. The molecule has 0 saturated heterocycles. The van der Waals surface area contributed by atoms with Crippen LogP contribution in [0.1, 0.15) is 30.9 Å². The molecule has 0 aliphatic carbocycles. The number of aliphatic carboxylic acids is 1. The van der Waals surface area contributed by atoms with Crippen LogP contribution in [0.4, 0.5) is 0 Å². The first-order valence-electron chi connectivity index (χ1n) is 6.87. The summed E-state index contributed by atoms with van der Waals surface area (Å²) in [4.78, 5) is 10.4. The monoisotopic (exact) mass is 264 g/mol. The van der Waals surface area contributed by atoms with E-state index in [0.717, 1.165) is 19.4 Å². The van der Waals surface area contributed by atoms with E-state index in [0.29, 0.717) is 6.54 Å². The number of carboxylic acid groups (broad SMARTS) is 1.